The van der Waals surface area contributed by atoms with Gasteiger partial charge in [0.05, 0.1) is 12.1 Å². The van der Waals surface area contributed by atoms with Crippen molar-refractivity contribution in [1.82, 2.24) is 5.06 Å². The molecule has 0 unspecified atom stereocenters. The van der Waals surface area contributed by atoms with Gasteiger partial charge in [0.1, 0.15) is 19.0 Å². The van der Waals surface area contributed by atoms with E-state index in [1.54, 1.807) is 6.07 Å². The molecule has 1 aromatic rings. The fourth-order valence-corrected chi connectivity index (χ4v) is 1.52. The van der Waals surface area contributed by atoms with Gasteiger partial charge >= 0.3 is 0 Å². The average Bonchev–Trinajstić information content (AvgIpc) is 2.73. The van der Waals surface area contributed by atoms with Gasteiger partial charge in [-0.25, -0.2) is 5.06 Å². The summed E-state index contributed by atoms with van der Waals surface area (Å²) in [6.45, 7) is 0.354. The fourth-order valence-electron chi connectivity index (χ4n) is 1.18. The van der Waals surface area contributed by atoms with Crippen LogP contribution in [0.5, 0.6) is 0 Å². The molecule has 1 fully saturated rings. The lowest BCUT2D eigenvalue weighted by atomic mass is 10.3. The molecule has 14 heavy (non-hydrogen) atoms. The molecule has 6 heteroatoms. The maximum atomic E-state index is 11.6. The second-order valence-electron chi connectivity index (χ2n) is 2.96. The Labute approximate surface area is 88.3 Å². The van der Waals surface area contributed by atoms with Gasteiger partial charge in [-0.05, 0) is 15.9 Å². The van der Waals surface area contributed by atoms with E-state index < -0.39 is 6.10 Å². The van der Waals surface area contributed by atoms with E-state index in [4.69, 9.17) is 14.4 Å². The monoisotopic (exact) mass is 261 g/mol. The van der Waals surface area contributed by atoms with Crippen LogP contribution in [0.2, 0.25) is 0 Å². The van der Waals surface area contributed by atoms with E-state index in [2.05, 4.69) is 15.9 Å². The first-order valence-electron chi connectivity index (χ1n) is 4.03. The number of aliphatic hydroxyl groups is 1. The van der Waals surface area contributed by atoms with Crippen molar-refractivity contribution >= 4 is 21.8 Å². The van der Waals surface area contributed by atoms with Crippen molar-refractivity contribution in [2.45, 2.75) is 6.10 Å². The second-order valence-corrected chi connectivity index (χ2v) is 3.74. The number of nitrogens with zero attached hydrogens (tertiary/aromatic N) is 1. The van der Waals surface area contributed by atoms with Crippen molar-refractivity contribution < 1.29 is 19.2 Å². The SMILES string of the molecule is O=C(c1coc(Br)c1)N1C[C@H](O)CO1. The molecule has 5 nitrogen and oxygen atoms in total. The summed E-state index contributed by atoms with van der Waals surface area (Å²) >= 11 is 3.09. The van der Waals surface area contributed by atoms with Crippen molar-refractivity contribution in [3.8, 4) is 0 Å². The van der Waals surface area contributed by atoms with Gasteiger partial charge in [0.15, 0.2) is 4.67 Å². The summed E-state index contributed by atoms with van der Waals surface area (Å²) in [5.41, 5.74) is 0.394. The molecule has 0 radical (unpaired) electrons. The van der Waals surface area contributed by atoms with Gasteiger partial charge in [0.25, 0.3) is 5.91 Å². The summed E-state index contributed by atoms with van der Waals surface area (Å²) in [6.07, 6.45) is 0.731. The number of furan rings is 1. The summed E-state index contributed by atoms with van der Waals surface area (Å²) in [5.74, 6) is -0.309. The number of carbonyl (C=O) groups excluding carboxylic acids is 1. The number of β-amino-alcohol motifs (C(OH)–C–C–N with tert-alkyl or cyclic N) is 1. The van der Waals surface area contributed by atoms with Gasteiger partial charge in [-0.2, -0.15) is 0 Å². The van der Waals surface area contributed by atoms with Crippen molar-refractivity contribution in [3.05, 3.63) is 22.6 Å². The lowest BCUT2D eigenvalue weighted by Crippen LogP contribution is -2.28. The minimum Gasteiger partial charge on any atom is -0.457 e. The quantitative estimate of drug-likeness (QED) is 0.812. The van der Waals surface area contributed by atoms with Gasteiger partial charge < -0.3 is 9.52 Å². The van der Waals surface area contributed by atoms with E-state index in [-0.39, 0.29) is 19.1 Å². The van der Waals surface area contributed by atoms with Crippen LogP contribution >= 0.6 is 15.9 Å². The number of hydroxylamine groups is 2. The highest BCUT2D eigenvalue weighted by Gasteiger charge is 2.27. The van der Waals surface area contributed by atoms with E-state index in [0.717, 1.165) is 5.06 Å². The van der Waals surface area contributed by atoms with Crippen molar-refractivity contribution in [1.29, 1.82) is 0 Å². The largest absolute Gasteiger partial charge is 0.457 e. The summed E-state index contributed by atoms with van der Waals surface area (Å²) < 4.78 is 5.41. The molecule has 0 spiro atoms. The minimum absolute atomic E-state index is 0.158. The second kappa shape index (κ2) is 3.72. The van der Waals surface area contributed by atoms with Gasteiger partial charge in [-0.1, -0.05) is 0 Å². The number of hydrogen-bond donors (Lipinski definition) is 1. The Bertz CT molecular complexity index is 351. The highest BCUT2D eigenvalue weighted by molar-refractivity contribution is 9.10. The van der Waals surface area contributed by atoms with Crippen LogP contribution in [0.25, 0.3) is 0 Å². The molecule has 0 bridgehead atoms. The van der Waals surface area contributed by atoms with Gasteiger partial charge in [-0.15, -0.1) is 0 Å². The molecule has 2 heterocycles. The zero-order chi connectivity index (χ0) is 10.1. The van der Waals surface area contributed by atoms with E-state index in [0.29, 0.717) is 10.2 Å². The maximum Gasteiger partial charge on any atom is 0.280 e. The first-order chi connectivity index (χ1) is 6.66. The predicted molar refractivity (Wildman–Crippen MR) is 49.4 cm³/mol. The number of carbonyl (C=O) groups is 1. The lowest BCUT2D eigenvalue weighted by Gasteiger charge is -2.11. The lowest BCUT2D eigenvalue weighted by molar-refractivity contribution is -0.0780. The molecule has 0 saturated carbocycles. The van der Waals surface area contributed by atoms with Crippen LogP contribution in [0.4, 0.5) is 0 Å². The standard InChI is InChI=1S/C8H8BrNO4/c9-7-1-5(3-13-7)8(12)10-2-6(11)4-14-10/h1,3,6,11H,2,4H2/t6-/m0/s1. The molecule has 2 rings (SSSR count). The topological polar surface area (TPSA) is 62.9 Å². The normalized spacial score (nSPS) is 21.6. The maximum absolute atomic E-state index is 11.6. The molecule has 1 atom stereocenters. The van der Waals surface area contributed by atoms with Crippen LogP contribution in [-0.2, 0) is 4.84 Å². The van der Waals surface area contributed by atoms with Crippen molar-refractivity contribution in [3.63, 3.8) is 0 Å². The van der Waals surface area contributed by atoms with Crippen LogP contribution < -0.4 is 0 Å². The van der Waals surface area contributed by atoms with Crippen LogP contribution in [0, 0.1) is 0 Å². The highest BCUT2D eigenvalue weighted by Crippen LogP contribution is 2.17. The van der Waals surface area contributed by atoms with Gasteiger partial charge in [-0.3, -0.25) is 9.63 Å². The summed E-state index contributed by atoms with van der Waals surface area (Å²) in [6, 6.07) is 1.55. The van der Waals surface area contributed by atoms with Crippen molar-refractivity contribution in [2.75, 3.05) is 13.2 Å². The summed E-state index contributed by atoms with van der Waals surface area (Å²) in [5, 5.41) is 10.3. The Kier molecular flexibility index (Phi) is 2.58. The Morgan fingerprint density at radius 1 is 1.71 bits per heavy atom. The molecule has 1 aliphatic rings. The molecule has 0 aromatic carbocycles. The molecule has 1 N–H and O–H groups in total. The number of aliphatic hydroxyl groups excluding tert-OH is 1. The van der Waals surface area contributed by atoms with Crippen LogP contribution in [0.15, 0.2) is 21.4 Å². The molecule has 1 amide bonds. The molecule has 1 aromatic heterocycles. The number of hydrogen-bond acceptors (Lipinski definition) is 4. The summed E-state index contributed by atoms with van der Waals surface area (Å²) in [4.78, 5) is 16.6. The fraction of sp³-hybridized carbons (Fsp3) is 0.375. The van der Waals surface area contributed by atoms with Crippen LogP contribution in [0.3, 0.4) is 0 Å². The Hall–Kier alpha value is -0.850. The number of amides is 1. The van der Waals surface area contributed by atoms with Crippen molar-refractivity contribution in [2.24, 2.45) is 0 Å². The van der Waals surface area contributed by atoms with Gasteiger partial charge in [0, 0.05) is 6.07 Å². The third kappa shape index (κ3) is 1.82. The third-order valence-electron chi connectivity index (χ3n) is 1.84. The number of halogens is 1. The Morgan fingerprint density at radius 2 is 2.50 bits per heavy atom. The minimum atomic E-state index is -0.603. The van der Waals surface area contributed by atoms with Crippen LogP contribution in [-0.4, -0.2) is 35.3 Å². The first kappa shape index (κ1) is 9.70. The Balaban J connectivity index is 2.09. The molecule has 1 saturated heterocycles. The molecular weight excluding hydrogens is 254 g/mol. The number of rotatable bonds is 1. The van der Waals surface area contributed by atoms with E-state index in [9.17, 15) is 4.79 Å². The summed E-state index contributed by atoms with van der Waals surface area (Å²) in [7, 11) is 0. The highest BCUT2D eigenvalue weighted by atomic mass is 79.9. The van der Waals surface area contributed by atoms with E-state index in [1.807, 2.05) is 0 Å². The predicted octanol–water partition coefficient (Wildman–Crippen LogP) is 0.790. The van der Waals surface area contributed by atoms with Gasteiger partial charge in [0.2, 0.25) is 0 Å². The zero-order valence-corrected chi connectivity index (χ0v) is 8.73. The smallest absolute Gasteiger partial charge is 0.280 e. The first-order valence-corrected chi connectivity index (χ1v) is 4.83. The molecule has 76 valence electrons. The average molecular weight is 262 g/mol. The van der Waals surface area contributed by atoms with Crippen LogP contribution in [0.1, 0.15) is 10.4 Å². The third-order valence-corrected chi connectivity index (χ3v) is 2.26. The molecule has 1 aliphatic heterocycles. The Morgan fingerprint density at radius 3 is 3.00 bits per heavy atom. The van der Waals surface area contributed by atoms with E-state index >= 15 is 0 Å². The molecule has 0 aliphatic carbocycles. The zero-order valence-electron chi connectivity index (χ0n) is 7.14. The molecular formula is C8H8BrNO4. The van der Waals surface area contributed by atoms with E-state index in [1.165, 1.54) is 6.26 Å².